The van der Waals surface area contributed by atoms with Gasteiger partial charge in [-0.25, -0.2) is 23.5 Å². The van der Waals surface area contributed by atoms with E-state index in [0.29, 0.717) is 16.7 Å². The molecule has 10 heteroatoms. The number of halogens is 1. The molecule has 0 amide bonds. The third kappa shape index (κ3) is 2.68. The van der Waals surface area contributed by atoms with E-state index in [1.54, 1.807) is 12.1 Å². The van der Waals surface area contributed by atoms with E-state index in [1.807, 2.05) is 6.08 Å². The number of phenols is 1. The molecule has 1 aliphatic heterocycles. The van der Waals surface area contributed by atoms with Crippen molar-refractivity contribution in [2.24, 2.45) is 7.05 Å². The van der Waals surface area contributed by atoms with Crippen molar-refractivity contribution in [1.29, 1.82) is 0 Å². The number of ether oxygens (including phenoxy) is 1. The summed E-state index contributed by atoms with van der Waals surface area (Å²) in [5.41, 5.74) is 1.10. The Morgan fingerprint density at radius 2 is 1.91 bits per heavy atom. The van der Waals surface area contributed by atoms with E-state index in [-0.39, 0.29) is 40.5 Å². The summed E-state index contributed by atoms with van der Waals surface area (Å²) in [5.74, 6) is -1.09. The fourth-order valence-electron chi connectivity index (χ4n) is 4.84. The van der Waals surface area contributed by atoms with E-state index >= 15 is 0 Å². The molecule has 1 N–H and O–H groups in total. The van der Waals surface area contributed by atoms with Gasteiger partial charge in [0.1, 0.15) is 0 Å². The predicted octanol–water partition coefficient (Wildman–Crippen LogP) is 1.46. The number of aromatic nitrogens is 3. The summed E-state index contributed by atoms with van der Waals surface area (Å²) >= 11 is 3.18. The molecule has 2 atom stereocenters. The zero-order chi connectivity index (χ0) is 22.9. The van der Waals surface area contributed by atoms with Crippen molar-refractivity contribution < 1.29 is 19.4 Å². The number of hydrogen-bond donors (Lipinski definition) is 1. The number of aromatic hydroxyl groups is 1. The van der Waals surface area contributed by atoms with E-state index in [9.17, 15) is 24.3 Å². The van der Waals surface area contributed by atoms with Crippen molar-refractivity contribution in [3.63, 3.8) is 0 Å². The van der Waals surface area contributed by atoms with E-state index in [1.165, 1.54) is 35.7 Å². The van der Waals surface area contributed by atoms with Gasteiger partial charge in [0.25, 0.3) is 0 Å². The molecule has 0 spiro atoms. The fourth-order valence-corrected chi connectivity index (χ4v) is 5.29. The van der Waals surface area contributed by atoms with Crippen molar-refractivity contribution in [2.45, 2.75) is 24.9 Å². The molecular weight excluding hydrogens is 482 g/mol. The van der Waals surface area contributed by atoms with Crippen LogP contribution in [0.1, 0.15) is 23.9 Å². The Morgan fingerprint density at radius 3 is 2.62 bits per heavy atom. The highest BCUT2D eigenvalue weighted by Crippen LogP contribution is 2.50. The zero-order valence-electron chi connectivity index (χ0n) is 17.2. The van der Waals surface area contributed by atoms with Crippen LogP contribution in [-0.2, 0) is 23.2 Å². The molecule has 1 aromatic carbocycles. The summed E-state index contributed by atoms with van der Waals surface area (Å²) in [5, 5.41) is 10.1. The Balaban J connectivity index is 1.79. The summed E-state index contributed by atoms with van der Waals surface area (Å²) in [6.45, 7) is 0.163. The van der Waals surface area contributed by atoms with Crippen LogP contribution in [0, 0.1) is 0 Å². The number of allylic oxidation sites excluding steroid dienone is 6. The molecule has 164 valence electrons. The van der Waals surface area contributed by atoms with Crippen molar-refractivity contribution in [1.82, 2.24) is 13.9 Å². The van der Waals surface area contributed by atoms with Crippen LogP contribution in [0.3, 0.4) is 0 Å². The van der Waals surface area contributed by atoms with Gasteiger partial charge in [0.15, 0.2) is 23.1 Å². The van der Waals surface area contributed by atoms with Gasteiger partial charge >= 0.3 is 11.4 Å². The number of nitrogens with zero attached hydrogens (tertiary/aromatic N) is 3. The number of phenolic OH excluding ortho intramolecular Hbond substituents is 1. The highest BCUT2D eigenvalue weighted by molar-refractivity contribution is 9.12. The molecule has 3 aliphatic rings. The second-order valence-electron chi connectivity index (χ2n) is 7.92. The first-order valence-corrected chi connectivity index (χ1v) is 10.7. The van der Waals surface area contributed by atoms with Gasteiger partial charge < -0.3 is 9.84 Å². The van der Waals surface area contributed by atoms with Gasteiger partial charge in [-0.1, -0.05) is 12.1 Å². The Hall–Kier alpha value is -3.40. The number of carbonyl (C=O) groups is 2. The number of ketones is 2. The SMILES string of the molecule is COc1cc([C@H]2C3=CCn4c(=O)n(C)c(=O)n4[C@@H]3CC3=C2C(=O)C=C(Br)C3=O)ccc1O. The minimum atomic E-state index is -0.637. The standard InChI is InChI=1S/C22H18BrN3O6/c1-24-21(30)25-6-5-11-14(26(25)22(24)31)8-12-19(16(28)9-13(23)20(12)29)18(11)10-3-4-15(27)17(7-10)32-2/h3-5,7,9,14,18,27H,6,8H2,1-2H3/t14-,18+/m1/s1. The first-order valence-electron chi connectivity index (χ1n) is 9.89. The lowest BCUT2D eigenvalue weighted by Crippen LogP contribution is -2.40. The molecule has 0 saturated heterocycles. The number of carbonyl (C=O) groups excluding carboxylic acids is 2. The Kier molecular flexibility index (Phi) is 4.52. The zero-order valence-corrected chi connectivity index (χ0v) is 18.7. The molecular formula is C22H18BrN3O6. The Labute approximate surface area is 189 Å². The third-order valence-electron chi connectivity index (χ3n) is 6.33. The van der Waals surface area contributed by atoms with Crippen molar-refractivity contribution in [3.05, 3.63) is 78.1 Å². The molecule has 2 aliphatic carbocycles. The molecule has 0 unspecified atom stereocenters. The summed E-state index contributed by atoms with van der Waals surface area (Å²) < 4.78 is 9.15. The maximum absolute atomic E-state index is 13.1. The maximum atomic E-state index is 13.1. The van der Waals surface area contributed by atoms with Gasteiger partial charge in [0.05, 0.1) is 24.2 Å². The lowest BCUT2D eigenvalue weighted by atomic mass is 9.69. The predicted molar refractivity (Wildman–Crippen MR) is 117 cm³/mol. The average Bonchev–Trinajstić information content (AvgIpc) is 3.00. The van der Waals surface area contributed by atoms with Gasteiger partial charge in [-0.05, 0) is 39.2 Å². The number of Topliss-reactive ketones (excluding diaryl/α,β-unsaturated/α-hetero) is 1. The molecule has 0 radical (unpaired) electrons. The maximum Gasteiger partial charge on any atom is 0.347 e. The number of hydrogen-bond acceptors (Lipinski definition) is 6. The van der Waals surface area contributed by atoms with Gasteiger partial charge in [0.2, 0.25) is 0 Å². The number of rotatable bonds is 2. The molecule has 0 saturated carbocycles. The quantitative estimate of drug-likeness (QED) is 0.494. The number of benzene rings is 1. The topological polar surface area (TPSA) is 113 Å². The van der Waals surface area contributed by atoms with Crippen molar-refractivity contribution in [3.8, 4) is 11.5 Å². The van der Waals surface area contributed by atoms with Crippen LogP contribution in [0.4, 0.5) is 0 Å². The summed E-state index contributed by atoms with van der Waals surface area (Å²) in [6.07, 6.45) is 3.22. The minimum absolute atomic E-state index is 0.0581. The fraction of sp³-hybridized carbons (Fsp3) is 0.273. The lowest BCUT2D eigenvalue weighted by Gasteiger charge is -2.39. The Bertz CT molecular complexity index is 1430. The average molecular weight is 500 g/mol. The van der Waals surface area contributed by atoms with Crippen LogP contribution in [-0.4, -0.2) is 37.7 Å². The first kappa shape index (κ1) is 20.5. The van der Waals surface area contributed by atoms with Gasteiger partial charge in [0, 0.05) is 36.6 Å². The van der Waals surface area contributed by atoms with E-state index in [4.69, 9.17) is 4.74 Å². The van der Waals surface area contributed by atoms with Crippen LogP contribution in [0.15, 0.2) is 61.1 Å². The minimum Gasteiger partial charge on any atom is -0.504 e. The molecule has 0 fully saturated rings. The van der Waals surface area contributed by atoms with Gasteiger partial charge in [-0.3, -0.25) is 9.59 Å². The van der Waals surface area contributed by atoms with Gasteiger partial charge in [-0.15, -0.1) is 0 Å². The van der Waals surface area contributed by atoms with Gasteiger partial charge in [-0.2, -0.15) is 0 Å². The van der Waals surface area contributed by atoms with Crippen LogP contribution in [0.2, 0.25) is 0 Å². The monoisotopic (exact) mass is 499 g/mol. The summed E-state index contributed by atoms with van der Waals surface area (Å²) in [7, 11) is 2.83. The van der Waals surface area contributed by atoms with Crippen molar-refractivity contribution in [2.75, 3.05) is 7.11 Å². The number of fused-ring (bicyclic) bond motifs is 3. The molecule has 1 aromatic heterocycles. The second kappa shape index (κ2) is 7.06. The number of methoxy groups -OCH3 is 1. The van der Waals surface area contributed by atoms with Crippen LogP contribution < -0.4 is 16.1 Å². The second-order valence-corrected chi connectivity index (χ2v) is 8.77. The smallest absolute Gasteiger partial charge is 0.347 e. The summed E-state index contributed by atoms with van der Waals surface area (Å²) in [6, 6.07) is 4.14. The Morgan fingerprint density at radius 1 is 1.16 bits per heavy atom. The van der Waals surface area contributed by atoms with Crippen LogP contribution in [0.5, 0.6) is 11.5 Å². The molecule has 9 nitrogen and oxygen atoms in total. The largest absolute Gasteiger partial charge is 0.504 e. The lowest BCUT2D eigenvalue weighted by molar-refractivity contribution is -0.115. The molecule has 2 heterocycles. The molecule has 5 rings (SSSR count). The highest BCUT2D eigenvalue weighted by Gasteiger charge is 2.44. The van der Waals surface area contributed by atoms with E-state index in [0.717, 1.165) is 10.1 Å². The highest BCUT2D eigenvalue weighted by atomic mass is 79.9. The van der Waals surface area contributed by atoms with Crippen molar-refractivity contribution >= 4 is 27.5 Å². The molecule has 32 heavy (non-hydrogen) atoms. The first-order chi connectivity index (χ1) is 15.2. The van der Waals surface area contributed by atoms with E-state index in [2.05, 4.69) is 15.9 Å². The third-order valence-corrected chi connectivity index (χ3v) is 6.92. The van der Waals surface area contributed by atoms with E-state index < -0.39 is 23.3 Å². The van der Waals surface area contributed by atoms with Crippen LogP contribution >= 0.6 is 15.9 Å². The summed E-state index contributed by atoms with van der Waals surface area (Å²) in [4.78, 5) is 51.5. The molecule has 0 bridgehead atoms. The van der Waals surface area contributed by atoms with Crippen LogP contribution in [0.25, 0.3) is 0 Å². The molecule has 2 aromatic rings. The normalized spacial score (nSPS) is 22.1.